The molecule has 0 heterocycles. The average Bonchev–Trinajstić information content (AvgIpc) is 2.54. The first-order valence-corrected chi connectivity index (χ1v) is 7.30. The predicted molar refractivity (Wildman–Crippen MR) is 92.4 cm³/mol. The Morgan fingerprint density at radius 3 is 2.13 bits per heavy atom. The van der Waals surface area contributed by atoms with Crippen molar-refractivity contribution >= 4 is 23.2 Å². The molecule has 120 valence electrons. The zero-order chi connectivity index (χ0) is 16.7. The van der Waals surface area contributed by atoms with Crippen molar-refractivity contribution in [1.29, 1.82) is 5.41 Å². The van der Waals surface area contributed by atoms with Crippen LogP contribution >= 0.6 is 0 Å². The lowest BCUT2D eigenvalue weighted by Gasteiger charge is -2.16. The van der Waals surface area contributed by atoms with Gasteiger partial charge in [-0.25, -0.2) is 0 Å². The molecule has 0 fully saturated rings. The molecule has 2 rings (SSSR count). The zero-order valence-corrected chi connectivity index (χ0v) is 12.9. The third kappa shape index (κ3) is 4.78. The van der Waals surface area contributed by atoms with Gasteiger partial charge in [-0.1, -0.05) is 48.5 Å². The molecule has 0 aromatic heterocycles. The Morgan fingerprint density at radius 1 is 1.00 bits per heavy atom. The minimum Gasteiger partial charge on any atom is -0.351 e. The fraction of sp³-hybridized carbons (Fsp3) is 0.167. The Bertz CT molecular complexity index is 690. The molecule has 2 amide bonds. The lowest BCUT2D eigenvalue weighted by atomic mass is 10.0. The Morgan fingerprint density at radius 2 is 1.57 bits per heavy atom. The zero-order valence-electron chi connectivity index (χ0n) is 12.9. The van der Waals surface area contributed by atoms with E-state index in [-0.39, 0.29) is 7.14 Å². The molecule has 1 unspecified atom stereocenters. The fourth-order valence-electron chi connectivity index (χ4n) is 2.14. The number of hydrogen-bond acceptors (Lipinski definition) is 3. The number of nitrogens with one attached hydrogen (secondary N) is 3. The minimum atomic E-state index is -1.14. The molecule has 0 bridgehead atoms. The summed E-state index contributed by atoms with van der Waals surface area (Å²) in [4.78, 5) is 24.6. The van der Waals surface area contributed by atoms with Gasteiger partial charge in [-0.05, 0) is 24.6 Å². The van der Waals surface area contributed by atoms with Gasteiger partial charge < -0.3 is 16.0 Å². The lowest BCUT2D eigenvalue weighted by Crippen LogP contribution is -2.41. The Labute approximate surface area is 136 Å². The van der Waals surface area contributed by atoms with Gasteiger partial charge in [0.25, 0.3) is 0 Å². The van der Waals surface area contributed by atoms with Gasteiger partial charge in [-0.3, -0.25) is 9.59 Å². The van der Waals surface area contributed by atoms with Gasteiger partial charge >= 0.3 is 0 Å². The lowest BCUT2D eigenvalue weighted by molar-refractivity contribution is -0.129. The van der Waals surface area contributed by atoms with Crippen LogP contribution in [0.2, 0.25) is 0 Å². The van der Waals surface area contributed by atoms with E-state index in [0.29, 0.717) is 12.2 Å². The molecular formula is C18H21N3O2. The summed E-state index contributed by atoms with van der Waals surface area (Å²) < 4.78 is 0. The van der Waals surface area contributed by atoms with Crippen molar-refractivity contribution in [2.45, 2.75) is 13.5 Å². The molecule has 0 aliphatic heterocycles. The summed E-state index contributed by atoms with van der Waals surface area (Å²) in [5, 5.41) is 13.1. The first-order chi connectivity index (χ1) is 11.1. The first-order valence-electron chi connectivity index (χ1n) is 7.30. The second-order valence-corrected chi connectivity index (χ2v) is 5.17. The maximum atomic E-state index is 12.3. The predicted octanol–water partition coefficient (Wildman–Crippen LogP) is 2.84. The number of hydrogen-bond donors (Lipinski definition) is 3. The summed E-state index contributed by atoms with van der Waals surface area (Å²) in [5.74, 6) is -2.12. The molecule has 5 heteroatoms. The number of anilines is 1. The monoisotopic (exact) mass is 311 g/mol. The average molecular weight is 311 g/mol. The highest BCUT2D eigenvalue weighted by Crippen LogP contribution is 2.09. The number of rotatable bonds is 6. The summed E-state index contributed by atoms with van der Waals surface area (Å²) in [6.45, 7) is 1.78. The van der Waals surface area contributed by atoms with Gasteiger partial charge in [-0.2, -0.15) is 0 Å². The van der Waals surface area contributed by atoms with E-state index in [1.165, 1.54) is 6.92 Å². The molecule has 3 N–H and O–H groups in total. The van der Waals surface area contributed by atoms with Crippen molar-refractivity contribution in [3.05, 3.63) is 66.2 Å². The van der Waals surface area contributed by atoms with Gasteiger partial charge in [0, 0.05) is 19.4 Å². The van der Waals surface area contributed by atoms with Gasteiger partial charge in [-0.15, -0.1) is 0 Å². The number of carbonyl (C=O) groups is 2. The van der Waals surface area contributed by atoms with E-state index in [9.17, 15) is 9.59 Å². The van der Waals surface area contributed by atoms with Crippen molar-refractivity contribution in [2.75, 3.05) is 5.32 Å². The number of carbonyl (C=O) groups excluding carboxylic acids is 2. The molecule has 23 heavy (non-hydrogen) atoms. The Kier molecular flexibility index (Phi) is 5.63. The molecule has 0 saturated carbocycles. The number of benzene rings is 2. The normalized spacial score (nSPS) is 11.3. The maximum Gasteiger partial charge on any atom is 0.242 e. The maximum absolute atomic E-state index is 12.3. The smallest absolute Gasteiger partial charge is 0.242 e. The Hall–Kier alpha value is -2.95. The summed E-state index contributed by atoms with van der Waals surface area (Å²) in [7, 11) is 0. The van der Waals surface area contributed by atoms with Crippen molar-refractivity contribution in [3.8, 4) is 0 Å². The van der Waals surface area contributed by atoms with E-state index in [2.05, 4.69) is 10.6 Å². The van der Waals surface area contributed by atoms with Crippen LogP contribution in [-0.2, 0) is 16.1 Å². The first kappa shape index (κ1) is 16.4. The Balaban J connectivity index is 0.00000288. The van der Waals surface area contributed by atoms with Crippen molar-refractivity contribution in [3.63, 3.8) is 0 Å². The van der Waals surface area contributed by atoms with E-state index in [1.54, 1.807) is 24.3 Å². The van der Waals surface area contributed by atoms with E-state index < -0.39 is 17.7 Å². The molecule has 2 aromatic carbocycles. The molecule has 0 aliphatic carbocycles. The fourth-order valence-corrected chi connectivity index (χ4v) is 2.14. The third-order valence-electron chi connectivity index (χ3n) is 3.31. The van der Waals surface area contributed by atoms with Crippen LogP contribution in [0.1, 0.15) is 13.9 Å². The van der Waals surface area contributed by atoms with E-state index in [1.807, 2.05) is 36.4 Å². The molecule has 0 spiro atoms. The molecule has 0 radical (unpaired) electrons. The van der Waals surface area contributed by atoms with Crippen molar-refractivity contribution < 1.29 is 11.0 Å². The van der Waals surface area contributed by atoms with E-state index in [0.717, 1.165) is 5.56 Å². The quantitative estimate of drug-likeness (QED) is 0.566. The number of amides is 2. The van der Waals surface area contributed by atoms with Crippen molar-refractivity contribution in [1.82, 2.24) is 5.32 Å². The van der Waals surface area contributed by atoms with Crippen LogP contribution in [0.15, 0.2) is 60.7 Å². The summed E-state index contributed by atoms with van der Waals surface area (Å²) >= 11 is 0. The molecule has 5 nitrogen and oxygen atoms in total. The SMILES string of the molecule is CC(=N)C(C(=O)NCc1ccccc1)C(=O)Nc1ccccc1.[HH]. The van der Waals surface area contributed by atoms with Gasteiger partial charge in [0.05, 0.1) is 0 Å². The molecule has 2 aromatic rings. The summed E-state index contributed by atoms with van der Waals surface area (Å²) in [6.07, 6.45) is 0. The highest BCUT2D eigenvalue weighted by atomic mass is 16.2. The second kappa shape index (κ2) is 7.89. The van der Waals surface area contributed by atoms with Crippen molar-refractivity contribution in [2.24, 2.45) is 5.92 Å². The standard InChI is InChI=1S/C18H19N3O2.H2/c1-13(19)16(18(23)21-15-10-6-3-7-11-15)17(22)20-12-14-8-4-2-5-9-14;/h2-11,16,19H,12H2,1H3,(H,20,22)(H,21,23);1H. The van der Waals surface area contributed by atoms with E-state index >= 15 is 0 Å². The van der Waals surface area contributed by atoms with Gasteiger partial charge in [0.2, 0.25) is 11.8 Å². The number of para-hydroxylation sites is 1. The summed E-state index contributed by atoms with van der Waals surface area (Å²) in [5.41, 5.74) is 1.54. The van der Waals surface area contributed by atoms with E-state index in [4.69, 9.17) is 5.41 Å². The molecule has 1 atom stereocenters. The van der Waals surface area contributed by atoms with Crippen LogP contribution in [0.4, 0.5) is 5.69 Å². The molecular weight excluding hydrogens is 290 g/mol. The topological polar surface area (TPSA) is 82.1 Å². The van der Waals surface area contributed by atoms with Gasteiger partial charge in [0.1, 0.15) is 0 Å². The van der Waals surface area contributed by atoms with Crippen LogP contribution in [0, 0.1) is 11.3 Å². The van der Waals surface area contributed by atoms with Crippen LogP contribution in [0.25, 0.3) is 0 Å². The highest BCUT2D eigenvalue weighted by Gasteiger charge is 2.28. The van der Waals surface area contributed by atoms with Crippen LogP contribution < -0.4 is 10.6 Å². The van der Waals surface area contributed by atoms with Crippen LogP contribution in [-0.4, -0.2) is 17.5 Å². The molecule has 0 aliphatic rings. The van der Waals surface area contributed by atoms with Gasteiger partial charge in [0.15, 0.2) is 5.92 Å². The largest absolute Gasteiger partial charge is 0.351 e. The second-order valence-electron chi connectivity index (χ2n) is 5.17. The summed E-state index contributed by atoms with van der Waals surface area (Å²) in [6, 6.07) is 18.3. The molecule has 0 saturated heterocycles. The third-order valence-corrected chi connectivity index (χ3v) is 3.31. The van der Waals surface area contributed by atoms with Crippen LogP contribution in [0.3, 0.4) is 0 Å². The highest BCUT2D eigenvalue weighted by molar-refractivity contribution is 6.21. The minimum absolute atomic E-state index is 0. The van der Waals surface area contributed by atoms with Crippen LogP contribution in [0.5, 0.6) is 0 Å².